The van der Waals surface area contributed by atoms with Gasteiger partial charge in [0.1, 0.15) is 0 Å². The van der Waals surface area contributed by atoms with Crippen LogP contribution in [0.2, 0.25) is 19.6 Å². The number of thiophene rings is 1. The van der Waals surface area contributed by atoms with Crippen LogP contribution in [0, 0.1) is 12.1 Å². The topological polar surface area (TPSA) is 25.8 Å². The summed E-state index contributed by atoms with van der Waals surface area (Å²) in [6.07, 6.45) is 3.95. The molecule has 49 heavy (non-hydrogen) atoms. The average Bonchev–Trinajstić information content (AvgIpc) is 3.52. The molecular formula is C44H38IrN2SSi-2. The third kappa shape index (κ3) is 7.08. The Bertz CT molecular complexity index is 2340. The first kappa shape index (κ1) is 34.6. The van der Waals surface area contributed by atoms with Crippen molar-refractivity contribution in [2.45, 2.75) is 38.9 Å². The van der Waals surface area contributed by atoms with Gasteiger partial charge in [-0.3, -0.25) is 0 Å². The average molecular weight is 847 g/mol. The molecule has 0 aliphatic heterocycles. The molecule has 5 aromatic carbocycles. The molecule has 0 atom stereocenters. The Morgan fingerprint density at radius 2 is 1.37 bits per heavy atom. The first-order valence-electron chi connectivity index (χ1n) is 16.4. The van der Waals surface area contributed by atoms with Crippen LogP contribution in [0.5, 0.6) is 0 Å². The summed E-state index contributed by atoms with van der Waals surface area (Å²) in [6.45, 7) is 11.5. The number of pyridine rings is 2. The minimum atomic E-state index is -1.23. The van der Waals surface area contributed by atoms with Crippen molar-refractivity contribution in [1.82, 2.24) is 9.97 Å². The van der Waals surface area contributed by atoms with Crippen LogP contribution in [-0.4, -0.2) is 18.0 Å². The van der Waals surface area contributed by atoms with E-state index < -0.39 is 8.07 Å². The van der Waals surface area contributed by atoms with Crippen LogP contribution in [0.25, 0.3) is 53.5 Å². The normalized spacial score (nSPS) is 11.6. The second-order valence-electron chi connectivity index (χ2n) is 13.7. The van der Waals surface area contributed by atoms with Crippen LogP contribution >= 0.6 is 11.3 Å². The van der Waals surface area contributed by atoms with E-state index in [0.717, 1.165) is 22.5 Å². The van der Waals surface area contributed by atoms with Crippen molar-refractivity contribution in [3.63, 3.8) is 0 Å². The van der Waals surface area contributed by atoms with Crippen LogP contribution < -0.4 is 5.19 Å². The molecule has 3 aromatic heterocycles. The molecule has 8 aromatic rings. The van der Waals surface area contributed by atoms with E-state index >= 15 is 0 Å². The zero-order chi connectivity index (χ0) is 33.3. The van der Waals surface area contributed by atoms with Crippen molar-refractivity contribution in [3.8, 4) is 22.5 Å². The van der Waals surface area contributed by atoms with E-state index in [0.29, 0.717) is 0 Å². The zero-order valence-corrected chi connectivity index (χ0v) is 32.6. The fraction of sp³-hybridized carbons (Fsp3) is 0.136. The van der Waals surface area contributed by atoms with Crippen LogP contribution in [0.15, 0.2) is 140 Å². The number of benzene rings is 5. The molecule has 0 spiro atoms. The summed E-state index contributed by atoms with van der Waals surface area (Å²) >= 11 is 1.85. The molecular weight excluding hydrogens is 809 g/mol. The predicted octanol–water partition coefficient (Wildman–Crippen LogP) is 11.5. The summed E-state index contributed by atoms with van der Waals surface area (Å²) in [4.78, 5) is 9.29. The number of fused-ring (bicyclic) bond motifs is 5. The molecule has 0 aliphatic carbocycles. The molecule has 0 bridgehead atoms. The first-order chi connectivity index (χ1) is 23.2. The number of nitrogens with zero attached hydrogens (tertiary/aromatic N) is 2. The second-order valence-corrected chi connectivity index (χ2v) is 19.8. The maximum atomic E-state index is 4.77. The Kier molecular flexibility index (Phi) is 10.1. The van der Waals surface area contributed by atoms with E-state index in [-0.39, 0.29) is 25.5 Å². The second kappa shape index (κ2) is 14.3. The number of rotatable bonds is 5. The van der Waals surface area contributed by atoms with Gasteiger partial charge in [0, 0.05) is 42.6 Å². The molecule has 0 saturated heterocycles. The summed E-state index contributed by atoms with van der Waals surface area (Å²) < 4.78 is 2.58. The molecule has 0 aliphatic rings. The Balaban J connectivity index is 0.000000208. The standard InChI is InChI=1S/C30H22NS.C14H16NSi.Ir/c1-30(2,21-10-4-3-5-11-21)22-17-18-31-27(19-22)26-14-8-13-24-25-16-15-20-9-6-7-12-23(20)28(25)32-29(24)26;1-16(2,3)13-9-10-14(15-11-13)12-7-5-4-6-8-12;/h3-13,15-19H,1-2H3;4-7,9-11H,1-3H3;/q2*-1;. The third-order valence-electron chi connectivity index (χ3n) is 9.17. The summed E-state index contributed by atoms with van der Waals surface area (Å²) in [5.74, 6) is 0. The van der Waals surface area contributed by atoms with Gasteiger partial charge in [-0.25, -0.2) is 0 Å². The van der Waals surface area contributed by atoms with Crippen molar-refractivity contribution in [2.75, 3.05) is 0 Å². The van der Waals surface area contributed by atoms with Gasteiger partial charge in [-0.05, 0) is 54.6 Å². The Hall–Kier alpha value is -4.25. The SMILES string of the molecule is CC(C)(c1ccccc1)c1ccnc(-c2[c-]ccc3c2sc2c4ccccc4ccc32)c1.C[Si](C)(C)c1ccc(-c2[c-]cccc2)nc1.[Ir]. The monoisotopic (exact) mass is 847 g/mol. The van der Waals surface area contributed by atoms with E-state index in [2.05, 4.69) is 148 Å². The van der Waals surface area contributed by atoms with Gasteiger partial charge in [0.25, 0.3) is 0 Å². The molecule has 0 N–H and O–H groups in total. The predicted molar refractivity (Wildman–Crippen MR) is 209 cm³/mol. The van der Waals surface area contributed by atoms with Crippen molar-refractivity contribution < 1.29 is 20.1 Å². The van der Waals surface area contributed by atoms with Crippen molar-refractivity contribution in [2.24, 2.45) is 0 Å². The Morgan fingerprint density at radius 1 is 0.612 bits per heavy atom. The molecule has 5 heteroatoms. The van der Waals surface area contributed by atoms with Gasteiger partial charge in [-0.2, -0.15) is 11.3 Å². The van der Waals surface area contributed by atoms with Crippen LogP contribution in [0.3, 0.4) is 0 Å². The van der Waals surface area contributed by atoms with Crippen molar-refractivity contribution in [3.05, 3.63) is 163 Å². The summed E-state index contributed by atoms with van der Waals surface area (Å²) in [5.41, 5.74) is 6.57. The van der Waals surface area contributed by atoms with Crippen molar-refractivity contribution in [1.29, 1.82) is 0 Å². The van der Waals surface area contributed by atoms with Gasteiger partial charge < -0.3 is 9.97 Å². The fourth-order valence-electron chi connectivity index (χ4n) is 6.19. The third-order valence-corrected chi connectivity index (χ3v) is 12.5. The quantitative estimate of drug-likeness (QED) is 0.127. The van der Waals surface area contributed by atoms with Crippen LogP contribution in [0.4, 0.5) is 0 Å². The Morgan fingerprint density at radius 3 is 2.10 bits per heavy atom. The molecule has 0 amide bonds. The van der Waals surface area contributed by atoms with Gasteiger partial charge in [0.05, 0.1) is 8.07 Å². The molecule has 1 radical (unpaired) electrons. The van der Waals surface area contributed by atoms with E-state index in [1.807, 2.05) is 54.1 Å². The molecule has 0 saturated carbocycles. The van der Waals surface area contributed by atoms with E-state index in [1.54, 1.807) is 0 Å². The van der Waals surface area contributed by atoms with Gasteiger partial charge >= 0.3 is 0 Å². The maximum absolute atomic E-state index is 4.77. The maximum Gasteiger partial charge on any atom is 0.0795 e. The number of aromatic nitrogens is 2. The van der Waals surface area contributed by atoms with Crippen molar-refractivity contribution >= 4 is 55.5 Å². The van der Waals surface area contributed by atoms with Gasteiger partial charge in [0.15, 0.2) is 0 Å². The molecule has 0 fully saturated rings. The van der Waals surface area contributed by atoms with Gasteiger partial charge in [0.2, 0.25) is 0 Å². The van der Waals surface area contributed by atoms with Gasteiger partial charge in [-0.15, -0.1) is 59.7 Å². The first-order valence-corrected chi connectivity index (χ1v) is 20.7. The smallest absolute Gasteiger partial charge is 0.0795 e. The summed E-state index contributed by atoms with van der Waals surface area (Å²) in [7, 11) is -1.23. The molecule has 3 heterocycles. The number of hydrogen-bond donors (Lipinski definition) is 0. The Labute approximate surface area is 308 Å². The molecule has 2 nitrogen and oxygen atoms in total. The fourth-order valence-corrected chi connectivity index (χ4v) is 8.56. The summed E-state index contributed by atoms with van der Waals surface area (Å²) in [6, 6.07) is 51.3. The van der Waals surface area contributed by atoms with Crippen LogP contribution in [0.1, 0.15) is 25.0 Å². The molecule has 245 valence electrons. The van der Waals surface area contributed by atoms with E-state index in [4.69, 9.17) is 4.98 Å². The minimum Gasteiger partial charge on any atom is -0.305 e. The van der Waals surface area contributed by atoms with Crippen LogP contribution in [-0.2, 0) is 25.5 Å². The zero-order valence-electron chi connectivity index (χ0n) is 28.4. The summed E-state index contributed by atoms with van der Waals surface area (Å²) in [5, 5.41) is 6.57. The largest absolute Gasteiger partial charge is 0.305 e. The number of hydrogen-bond acceptors (Lipinski definition) is 3. The van der Waals surface area contributed by atoms with E-state index in [1.165, 1.54) is 47.3 Å². The van der Waals surface area contributed by atoms with E-state index in [9.17, 15) is 0 Å². The molecule has 0 unspecified atom stereocenters. The molecule has 8 rings (SSSR count). The van der Waals surface area contributed by atoms with Gasteiger partial charge in [-0.1, -0.05) is 124 Å². The minimum absolute atomic E-state index is 0.